The van der Waals surface area contributed by atoms with Crippen LogP contribution in [0.1, 0.15) is 36.0 Å². The number of nitrogen functional groups attached to an aromatic ring is 1. The van der Waals surface area contributed by atoms with Crippen LogP contribution in [0, 0.1) is 5.92 Å². The number of methoxy groups -OCH3 is 1. The van der Waals surface area contributed by atoms with E-state index in [0.29, 0.717) is 40.9 Å². The normalized spacial score (nSPS) is 15.3. The number of likely N-dealkylation sites (tertiary alicyclic amines) is 1. The highest BCUT2D eigenvalue weighted by atomic mass is 35.5. The smallest absolute Gasteiger partial charge is 0.316 e. The largest absolute Gasteiger partial charge is 0.496 e. The van der Waals surface area contributed by atoms with Crippen molar-refractivity contribution in [1.29, 1.82) is 0 Å². The average molecular weight is 411 g/mol. The van der Waals surface area contributed by atoms with Crippen LogP contribution >= 0.6 is 11.6 Å². The fraction of sp³-hybridized carbons (Fsp3) is 0.600. The molecule has 1 fully saturated rings. The first kappa shape index (κ1) is 22.3. The van der Waals surface area contributed by atoms with Gasteiger partial charge in [0, 0.05) is 39.7 Å². The lowest BCUT2D eigenvalue weighted by atomic mass is 9.90. The minimum absolute atomic E-state index is 0.0348. The number of nitrogens with zero attached hydrogens (tertiary/aromatic N) is 2. The van der Waals surface area contributed by atoms with Gasteiger partial charge in [-0.3, -0.25) is 4.79 Å². The minimum atomic E-state index is -0.0633. The van der Waals surface area contributed by atoms with Crippen LogP contribution in [-0.4, -0.2) is 69.0 Å². The summed E-state index contributed by atoms with van der Waals surface area (Å²) in [5.74, 6) is 1.04. The Bertz CT molecular complexity index is 688. The zero-order valence-corrected chi connectivity index (χ0v) is 17.7. The van der Waals surface area contributed by atoms with Crippen molar-refractivity contribution in [3.63, 3.8) is 0 Å². The molecule has 1 aromatic carbocycles. The van der Waals surface area contributed by atoms with Crippen LogP contribution < -0.4 is 15.8 Å². The van der Waals surface area contributed by atoms with Gasteiger partial charge in [-0.25, -0.2) is 4.79 Å². The standard InChI is InChI=1S/C20H31ClN4O3/c1-24(2)20(27)23-8-11-25-9-6-14(7-10-25)4-5-18(26)15-12-16(21)17(22)13-19(15)28-3/h12-14H,4-11,22H2,1-3H3,(H,23,27). The summed E-state index contributed by atoms with van der Waals surface area (Å²) in [6.45, 7) is 3.49. The molecule has 0 bridgehead atoms. The number of rotatable bonds is 8. The number of ketones is 1. The predicted octanol–water partition coefficient (Wildman–Crippen LogP) is 2.88. The van der Waals surface area contributed by atoms with Gasteiger partial charge in [-0.15, -0.1) is 0 Å². The molecule has 2 rings (SSSR count). The molecule has 156 valence electrons. The van der Waals surface area contributed by atoms with Gasteiger partial charge in [0.2, 0.25) is 0 Å². The molecule has 0 aromatic heterocycles. The molecule has 1 aliphatic rings. The number of Topliss-reactive ketones (excluding diaryl/α,β-unsaturated/α-hetero) is 1. The number of amides is 2. The molecule has 2 amide bonds. The van der Waals surface area contributed by atoms with Crippen molar-refractivity contribution in [2.45, 2.75) is 25.7 Å². The van der Waals surface area contributed by atoms with Gasteiger partial charge in [0.25, 0.3) is 0 Å². The second kappa shape index (κ2) is 10.5. The van der Waals surface area contributed by atoms with Gasteiger partial charge in [0.05, 0.1) is 23.4 Å². The summed E-state index contributed by atoms with van der Waals surface area (Å²) in [6, 6.07) is 3.14. The molecule has 0 atom stereocenters. The molecule has 1 saturated heterocycles. The van der Waals surface area contributed by atoms with Crippen molar-refractivity contribution in [3.8, 4) is 5.75 Å². The second-order valence-corrected chi connectivity index (χ2v) is 7.85. The summed E-state index contributed by atoms with van der Waals surface area (Å²) in [5.41, 5.74) is 6.68. The molecule has 1 aromatic rings. The van der Waals surface area contributed by atoms with Crippen LogP contribution in [-0.2, 0) is 0 Å². The van der Waals surface area contributed by atoms with Gasteiger partial charge in [0.1, 0.15) is 5.75 Å². The van der Waals surface area contributed by atoms with Gasteiger partial charge < -0.3 is 25.6 Å². The first-order valence-corrected chi connectivity index (χ1v) is 10.0. The van der Waals surface area contributed by atoms with Gasteiger partial charge in [-0.1, -0.05) is 11.6 Å². The molecule has 0 aliphatic carbocycles. The van der Waals surface area contributed by atoms with E-state index in [1.807, 2.05) is 0 Å². The third kappa shape index (κ3) is 6.27. The fourth-order valence-electron chi connectivity index (χ4n) is 3.40. The lowest BCUT2D eigenvalue weighted by Gasteiger charge is -2.32. The van der Waals surface area contributed by atoms with Crippen LogP contribution in [0.3, 0.4) is 0 Å². The lowest BCUT2D eigenvalue weighted by Crippen LogP contribution is -2.42. The van der Waals surface area contributed by atoms with Gasteiger partial charge in [-0.2, -0.15) is 0 Å². The summed E-state index contributed by atoms with van der Waals surface area (Å²) in [7, 11) is 4.99. The summed E-state index contributed by atoms with van der Waals surface area (Å²) in [4.78, 5) is 28.0. The maximum absolute atomic E-state index is 12.6. The van der Waals surface area contributed by atoms with Gasteiger partial charge in [-0.05, 0) is 44.3 Å². The Morgan fingerprint density at radius 2 is 2.00 bits per heavy atom. The molecule has 8 heteroatoms. The highest BCUT2D eigenvalue weighted by molar-refractivity contribution is 6.33. The molecule has 0 unspecified atom stereocenters. The lowest BCUT2D eigenvalue weighted by molar-refractivity contribution is 0.0960. The van der Waals surface area contributed by atoms with Crippen molar-refractivity contribution in [2.24, 2.45) is 5.92 Å². The number of halogens is 1. The number of urea groups is 1. The maximum Gasteiger partial charge on any atom is 0.316 e. The van der Waals surface area contributed by atoms with Crippen molar-refractivity contribution in [1.82, 2.24) is 15.1 Å². The molecule has 0 spiro atoms. The van der Waals surface area contributed by atoms with Crippen LogP contribution in [0.5, 0.6) is 5.75 Å². The fourth-order valence-corrected chi connectivity index (χ4v) is 3.57. The zero-order chi connectivity index (χ0) is 20.7. The van der Waals surface area contributed by atoms with Crippen molar-refractivity contribution in [2.75, 3.05) is 53.1 Å². The highest BCUT2D eigenvalue weighted by Gasteiger charge is 2.21. The highest BCUT2D eigenvalue weighted by Crippen LogP contribution is 2.31. The number of benzene rings is 1. The van der Waals surface area contributed by atoms with Gasteiger partial charge in [0.15, 0.2) is 5.78 Å². The first-order chi connectivity index (χ1) is 13.3. The number of piperidine rings is 1. The number of hydrogen-bond donors (Lipinski definition) is 2. The Balaban J connectivity index is 1.74. The number of nitrogens with two attached hydrogens (primary N) is 1. The molecule has 0 radical (unpaired) electrons. The molecule has 1 aliphatic heterocycles. The van der Waals surface area contributed by atoms with Crippen LogP contribution in [0.2, 0.25) is 5.02 Å². The van der Waals surface area contributed by atoms with E-state index < -0.39 is 0 Å². The molecule has 3 N–H and O–H groups in total. The Morgan fingerprint density at radius 3 is 2.61 bits per heavy atom. The number of anilines is 1. The molecule has 0 saturated carbocycles. The number of carbonyl (C=O) groups excluding carboxylic acids is 2. The quantitative estimate of drug-likeness (QED) is 0.508. The van der Waals surface area contributed by atoms with E-state index in [9.17, 15) is 9.59 Å². The van der Waals surface area contributed by atoms with Crippen LogP contribution in [0.4, 0.5) is 10.5 Å². The number of carbonyl (C=O) groups is 2. The van der Waals surface area contributed by atoms with E-state index in [2.05, 4.69) is 10.2 Å². The van der Waals surface area contributed by atoms with E-state index >= 15 is 0 Å². The third-order valence-electron chi connectivity index (χ3n) is 5.22. The third-order valence-corrected chi connectivity index (χ3v) is 5.54. The number of ether oxygens (including phenoxy) is 1. The minimum Gasteiger partial charge on any atom is -0.496 e. The Labute approximate surface area is 172 Å². The van der Waals surface area contributed by atoms with Crippen molar-refractivity contribution in [3.05, 3.63) is 22.7 Å². The van der Waals surface area contributed by atoms with Crippen molar-refractivity contribution < 1.29 is 14.3 Å². The Morgan fingerprint density at radius 1 is 1.32 bits per heavy atom. The van der Waals surface area contributed by atoms with E-state index in [0.717, 1.165) is 38.9 Å². The summed E-state index contributed by atoms with van der Waals surface area (Å²) >= 11 is 6.06. The maximum atomic E-state index is 12.6. The Hall–Kier alpha value is -1.99. The molecular formula is C20H31ClN4O3. The summed E-state index contributed by atoms with van der Waals surface area (Å²) < 4.78 is 5.28. The predicted molar refractivity (Wildman–Crippen MR) is 112 cm³/mol. The molecule has 7 nitrogen and oxygen atoms in total. The van der Waals surface area contributed by atoms with E-state index in [1.165, 1.54) is 12.0 Å². The van der Waals surface area contributed by atoms with Crippen LogP contribution in [0.25, 0.3) is 0 Å². The summed E-state index contributed by atoms with van der Waals surface area (Å²) in [6.07, 6.45) is 3.46. The van der Waals surface area contributed by atoms with Crippen molar-refractivity contribution >= 4 is 29.1 Å². The van der Waals surface area contributed by atoms with Gasteiger partial charge >= 0.3 is 6.03 Å². The van der Waals surface area contributed by atoms with Crippen LogP contribution in [0.15, 0.2) is 12.1 Å². The molecular weight excluding hydrogens is 380 g/mol. The second-order valence-electron chi connectivity index (χ2n) is 7.45. The monoisotopic (exact) mass is 410 g/mol. The number of nitrogens with one attached hydrogen (secondary N) is 1. The van der Waals surface area contributed by atoms with E-state index in [-0.39, 0.29) is 11.8 Å². The molecule has 1 heterocycles. The van der Waals surface area contributed by atoms with E-state index in [1.54, 1.807) is 26.2 Å². The average Bonchev–Trinajstić information content (AvgIpc) is 2.68. The zero-order valence-electron chi connectivity index (χ0n) is 17.0. The molecule has 28 heavy (non-hydrogen) atoms. The first-order valence-electron chi connectivity index (χ1n) is 9.65. The number of hydrogen-bond acceptors (Lipinski definition) is 5. The van der Waals surface area contributed by atoms with E-state index in [4.69, 9.17) is 22.1 Å². The Kier molecular flexibility index (Phi) is 8.38. The topological polar surface area (TPSA) is 87.9 Å². The summed E-state index contributed by atoms with van der Waals surface area (Å²) in [5, 5.41) is 3.26. The SMILES string of the molecule is COc1cc(N)c(Cl)cc1C(=O)CCC1CCN(CCNC(=O)N(C)C)CC1.